The normalized spacial score (nSPS) is 11.2. The second-order valence-electron chi connectivity index (χ2n) is 1.57. The molecule has 0 aromatic carbocycles. The first-order valence-electron chi connectivity index (χ1n) is 2.75. The summed E-state index contributed by atoms with van der Waals surface area (Å²) in [6.07, 6.45) is 7.89. The molecule has 0 saturated carbocycles. The fourth-order valence-electron chi connectivity index (χ4n) is 0.484. The molecule has 0 rings (SSSR count). The highest BCUT2D eigenvalue weighted by atomic mass is 13.8. The van der Waals surface area contributed by atoms with Gasteiger partial charge in [0.1, 0.15) is 0 Å². The van der Waals surface area contributed by atoms with E-state index in [0.29, 0.717) is 0 Å². The van der Waals surface area contributed by atoms with Crippen molar-refractivity contribution in [2.75, 3.05) is 0 Å². The fraction of sp³-hybridized carbons (Fsp3) is 0.250. The van der Waals surface area contributed by atoms with Crippen LogP contribution in [0.25, 0.3) is 0 Å². The zero-order valence-electron chi connectivity index (χ0n) is 5.52. The Bertz CT molecular complexity index is 102. The van der Waals surface area contributed by atoms with Crippen molar-refractivity contribution in [2.24, 2.45) is 0 Å². The maximum atomic E-state index is 3.76. The number of rotatable bonds is 2. The molecule has 0 spiro atoms. The highest BCUT2D eigenvalue weighted by Gasteiger charge is 1.71. The molecule has 0 fully saturated rings. The first kappa shape index (κ1) is 7.22. The minimum atomic E-state index is 1.05. The first-order chi connectivity index (χ1) is 3.81. The Labute approximate surface area is 51.2 Å². The van der Waals surface area contributed by atoms with Crippen LogP contribution in [0.5, 0.6) is 0 Å². The molecule has 0 radical (unpaired) electrons. The van der Waals surface area contributed by atoms with Gasteiger partial charge in [-0.05, 0) is 19.4 Å². The monoisotopic (exact) mass is 108 g/mol. The quantitative estimate of drug-likeness (QED) is 0.477. The van der Waals surface area contributed by atoms with Crippen LogP contribution in [0.1, 0.15) is 13.8 Å². The lowest BCUT2D eigenvalue weighted by Crippen LogP contribution is -1.61. The van der Waals surface area contributed by atoms with E-state index in [-0.39, 0.29) is 0 Å². The van der Waals surface area contributed by atoms with E-state index in [9.17, 15) is 0 Å². The van der Waals surface area contributed by atoms with E-state index >= 15 is 0 Å². The Kier molecular flexibility index (Phi) is 3.95. The lowest BCUT2D eigenvalue weighted by molar-refractivity contribution is 1.62. The Morgan fingerprint density at radius 3 is 1.75 bits per heavy atom. The van der Waals surface area contributed by atoms with Gasteiger partial charge >= 0.3 is 0 Å². The summed E-state index contributed by atoms with van der Waals surface area (Å²) in [5.41, 5.74) is 1.05. The molecule has 0 aliphatic heterocycles. The Hall–Kier alpha value is -0.780. The van der Waals surface area contributed by atoms with E-state index in [0.717, 1.165) is 5.57 Å². The zero-order valence-corrected chi connectivity index (χ0v) is 5.52. The van der Waals surface area contributed by atoms with Crippen LogP contribution >= 0.6 is 0 Å². The number of hydrogen-bond donors (Lipinski definition) is 0. The highest BCUT2D eigenvalue weighted by molar-refractivity contribution is 5.26. The standard InChI is InChI=1S/C8H12/c1-4-6-8(3)7-5-2/h4-7H,3H2,1-2H3/b6-4-,7-5+. The number of allylic oxidation sites excluding steroid dienone is 5. The van der Waals surface area contributed by atoms with Crippen LogP contribution in [0, 0.1) is 0 Å². The van der Waals surface area contributed by atoms with Crippen LogP contribution in [0.2, 0.25) is 0 Å². The summed E-state index contributed by atoms with van der Waals surface area (Å²) in [6.45, 7) is 7.72. The van der Waals surface area contributed by atoms with Crippen molar-refractivity contribution >= 4 is 0 Å². The molecule has 8 heavy (non-hydrogen) atoms. The van der Waals surface area contributed by atoms with E-state index in [1.54, 1.807) is 0 Å². The summed E-state index contributed by atoms with van der Waals surface area (Å²) in [4.78, 5) is 0. The van der Waals surface area contributed by atoms with Crippen LogP contribution < -0.4 is 0 Å². The van der Waals surface area contributed by atoms with Gasteiger partial charge < -0.3 is 0 Å². The van der Waals surface area contributed by atoms with Gasteiger partial charge in [-0.15, -0.1) is 0 Å². The summed E-state index contributed by atoms with van der Waals surface area (Å²) in [6, 6.07) is 0. The third-order valence-electron chi connectivity index (χ3n) is 0.761. The van der Waals surface area contributed by atoms with E-state index in [4.69, 9.17) is 0 Å². The van der Waals surface area contributed by atoms with Crippen LogP contribution in [-0.4, -0.2) is 0 Å². The summed E-state index contributed by atoms with van der Waals surface area (Å²) in [5.74, 6) is 0. The summed E-state index contributed by atoms with van der Waals surface area (Å²) < 4.78 is 0. The van der Waals surface area contributed by atoms with Crippen molar-refractivity contribution < 1.29 is 0 Å². The topological polar surface area (TPSA) is 0 Å². The lowest BCUT2D eigenvalue weighted by Gasteiger charge is -1.82. The zero-order chi connectivity index (χ0) is 6.41. The van der Waals surface area contributed by atoms with Crippen molar-refractivity contribution in [3.8, 4) is 0 Å². The molecule has 0 bridgehead atoms. The molecule has 0 aliphatic carbocycles. The molecule has 0 nitrogen and oxygen atoms in total. The minimum Gasteiger partial charge on any atom is -0.0918 e. The maximum absolute atomic E-state index is 3.76. The molecule has 0 heteroatoms. The van der Waals surface area contributed by atoms with Crippen molar-refractivity contribution in [3.05, 3.63) is 36.5 Å². The molecule has 0 heterocycles. The second kappa shape index (κ2) is 4.38. The highest BCUT2D eigenvalue weighted by Crippen LogP contribution is 1.92. The Morgan fingerprint density at radius 2 is 1.50 bits per heavy atom. The van der Waals surface area contributed by atoms with Crippen LogP contribution in [0.15, 0.2) is 36.5 Å². The minimum absolute atomic E-state index is 1.05. The van der Waals surface area contributed by atoms with Gasteiger partial charge in [0.05, 0.1) is 0 Å². The molecular formula is C8H12. The molecular weight excluding hydrogens is 96.1 g/mol. The smallest absolute Gasteiger partial charge is 0.0335 e. The third-order valence-corrected chi connectivity index (χ3v) is 0.761. The molecule has 0 aliphatic rings. The van der Waals surface area contributed by atoms with Crippen molar-refractivity contribution in [1.29, 1.82) is 0 Å². The molecule has 0 atom stereocenters. The summed E-state index contributed by atoms with van der Waals surface area (Å²) >= 11 is 0. The SMILES string of the molecule is C=C(/C=C\C)/C=C/C. The van der Waals surface area contributed by atoms with E-state index in [2.05, 4.69) is 6.58 Å². The Morgan fingerprint density at radius 1 is 1.12 bits per heavy atom. The van der Waals surface area contributed by atoms with Crippen molar-refractivity contribution in [3.63, 3.8) is 0 Å². The van der Waals surface area contributed by atoms with Crippen molar-refractivity contribution in [2.45, 2.75) is 13.8 Å². The fourth-order valence-corrected chi connectivity index (χ4v) is 0.484. The summed E-state index contributed by atoms with van der Waals surface area (Å²) in [7, 11) is 0. The largest absolute Gasteiger partial charge is 0.0918 e. The molecule has 0 aromatic rings. The van der Waals surface area contributed by atoms with E-state index < -0.39 is 0 Å². The average molecular weight is 108 g/mol. The van der Waals surface area contributed by atoms with E-state index in [1.165, 1.54) is 0 Å². The van der Waals surface area contributed by atoms with Crippen LogP contribution in [-0.2, 0) is 0 Å². The van der Waals surface area contributed by atoms with Gasteiger partial charge in [0, 0.05) is 0 Å². The molecule has 44 valence electrons. The summed E-state index contributed by atoms with van der Waals surface area (Å²) in [5, 5.41) is 0. The molecule has 0 unspecified atom stereocenters. The van der Waals surface area contributed by atoms with Gasteiger partial charge in [-0.3, -0.25) is 0 Å². The van der Waals surface area contributed by atoms with Gasteiger partial charge in [-0.2, -0.15) is 0 Å². The maximum Gasteiger partial charge on any atom is -0.0335 e. The lowest BCUT2D eigenvalue weighted by atomic mass is 10.2. The Balaban J connectivity index is 3.66. The molecule has 0 saturated heterocycles. The average Bonchev–Trinajstić information content (AvgIpc) is 1.68. The van der Waals surface area contributed by atoms with Gasteiger partial charge in [-0.1, -0.05) is 30.9 Å². The van der Waals surface area contributed by atoms with Crippen molar-refractivity contribution in [1.82, 2.24) is 0 Å². The van der Waals surface area contributed by atoms with Crippen LogP contribution in [0.3, 0.4) is 0 Å². The first-order valence-corrected chi connectivity index (χ1v) is 2.75. The van der Waals surface area contributed by atoms with Gasteiger partial charge in [-0.25, -0.2) is 0 Å². The van der Waals surface area contributed by atoms with Gasteiger partial charge in [0.2, 0.25) is 0 Å². The van der Waals surface area contributed by atoms with Crippen LogP contribution in [0.4, 0.5) is 0 Å². The third kappa shape index (κ3) is 3.41. The molecule has 0 N–H and O–H groups in total. The predicted molar refractivity (Wildman–Crippen MR) is 38.8 cm³/mol. The van der Waals surface area contributed by atoms with Gasteiger partial charge in [0.25, 0.3) is 0 Å². The number of hydrogen-bond acceptors (Lipinski definition) is 0. The van der Waals surface area contributed by atoms with Gasteiger partial charge in [0.15, 0.2) is 0 Å². The molecule has 0 amide bonds. The predicted octanol–water partition coefficient (Wildman–Crippen LogP) is 2.69. The van der Waals surface area contributed by atoms with E-state index in [1.807, 2.05) is 38.2 Å². The second-order valence-corrected chi connectivity index (χ2v) is 1.57. The molecule has 0 aromatic heterocycles.